The van der Waals surface area contributed by atoms with Crippen LogP contribution in [0.15, 0.2) is 24.3 Å². The first-order chi connectivity index (χ1) is 10.2. The lowest BCUT2D eigenvalue weighted by Crippen LogP contribution is -2.54. The van der Waals surface area contributed by atoms with Gasteiger partial charge in [0.2, 0.25) is 0 Å². The molecule has 4 heteroatoms. The molecule has 1 unspecified atom stereocenters. The minimum absolute atomic E-state index is 0.000976. The fraction of sp³-hybridized carbons (Fsp3) is 0.647. The molecule has 2 aliphatic heterocycles. The van der Waals surface area contributed by atoms with Gasteiger partial charge in [-0.2, -0.15) is 0 Å². The third-order valence-electron chi connectivity index (χ3n) is 4.70. The van der Waals surface area contributed by atoms with Gasteiger partial charge < -0.3 is 9.47 Å². The number of hydrogen-bond donors (Lipinski definition) is 0. The number of hydrogen-bond acceptors (Lipinski definition) is 3. The van der Waals surface area contributed by atoms with E-state index in [2.05, 4.69) is 11.8 Å². The van der Waals surface area contributed by atoms with Crippen molar-refractivity contribution in [2.24, 2.45) is 0 Å². The molecule has 2 saturated heterocycles. The maximum Gasteiger partial charge on any atom is 0.123 e. The molecule has 1 aromatic carbocycles. The van der Waals surface area contributed by atoms with E-state index in [1.165, 1.54) is 5.56 Å². The topological polar surface area (TPSA) is 21.7 Å². The van der Waals surface area contributed by atoms with Gasteiger partial charge in [-0.05, 0) is 23.6 Å². The molecule has 0 saturated carbocycles. The van der Waals surface area contributed by atoms with Crippen LogP contribution in [0.4, 0.5) is 4.39 Å². The molecular formula is C17H24FNO2. The van der Waals surface area contributed by atoms with Crippen LogP contribution in [0.2, 0.25) is 0 Å². The zero-order valence-electron chi connectivity index (χ0n) is 12.7. The molecule has 0 radical (unpaired) electrons. The minimum atomic E-state index is -0.168. The van der Waals surface area contributed by atoms with Gasteiger partial charge in [0.05, 0.1) is 12.2 Å². The van der Waals surface area contributed by atoms with E-state index in [1.54, 1.807) is 12.1 Å². The van der Waals surface area contributed by atoms with Crippen molar-refractivity contribution in [3.8, 4) is 0 Å². The molecule has 21 heavy (non-hydrogen) atoms. The molecule has 2 heterocycles. The molecule has 3 nitrogen and oxygen atoms in total. The predicted molar refractivity (Wildman–Crippen MR) is 80.0 cm³/mol. The molecule has 2 aliphatic rings. The summed E-state index contributed by atoms with van der Waals surface area (Å²) in [6.45, 7) is 7.59. The largest absolute Gasteiger partial charge is 0.381 e. The highest BCUT2D eigenvalue weighted by Crippen LogP contribution is 2.30. The van der Waals surface area contributed by atoms with Crippen molar-refractivity contribution < 1.29 is 13.9 Å². The monoisotopic (exact) mass is 293 g/mol. The standard InChI is InChI=1S/C17H24FNO2/c1-14(15-2-4-16(18)5-3-15)12-19-8-11-21-17(13-19)6-9-20-10-7-17/h2-5,14H,6-13H2,1H3. The molecule has 1 spiro atoms. The highest BCUT2D eigenvalue weighted by Gasteiger charge is 2.38. The van der Waals surface area contributed by atoms with Crippen LogP contribution in [-0.2, 0) is 9.47 Å². The zero-order chi connectivity index (χ0) is 14.7. The summed E-state index contributed by atoms with van der Waals surface area (Å²) < 4.78 is 24.5. The van der Waals surface area contributed by atoms with Crippen LogP contribution < -0.4 is 0 Å². The number of rotatable bonds is 3. The molecule has 0 N–H and O–H groups in total. The van der Waals surface area contributed by atoms with Crippen LogP contribution in [0.1, 0.15) is 31.2 Å². The van der Waals surface area contributed by atoms with Gasteiger partial charge in [0.1, 0.15) is 5.82 Å². The third-order valence-corrected chi connectivity index (χ3v) is 4.70. The van der Waals surface area contributed by atoms with Gasteiger partial charge in [-0.25, -0.2) is 4.39 Å². The number of nitrogens with zero attached hydrogens (tertiary/aromatic N) is 1. The second-order valence-corrected chi connectivity index (χ2v) is 6.33. The van der Waals surface area contributed by atoms with E-state index in [-0.39, 0.29) is 11.4 Å². The quantitative estimate of drug-likeness (QED) is 0.855. The Morgan fingerprint density at radius 3 is 2.62 bits per heavy atom. The lowest BCUT2D eigenvalue weighted by Gasteiger charge is -2.45. The summed E-state index contributed by atoms with van der Waals surface area (Å²) in [5, 5.41) is 0. The molecule has 2 fully saturated rings. The fourth-order valence-corrected chi connectivity index (χ4v) is 3.41. The van der Waals surface area contributed by atoms with Crippen LogP contribution in [0.25, 0.3) is 0 Å². The first-order valence-corrected chi connectivity index (χ1v) is 7.86. The van der Waals surface area contributed by atoms with Gasteiger partial charge >= 0.3 is 0 Å². The normalized spacial score (nSPS) is 24.1. The van der Waals surface area contributed by atoms with Gasteiger partial charge in [0, 0.05) is 45.7 Å². The summed E-state index contributed by atoms with van der Waals surface area (Å²) in [4.78, 5) is 2.49. The van der Waals surface area contributed by atoms with Crippen molar-refractivity contribution in [3.63, 3.8) is 0 Å². The van der Waals surface area contributed by atoms with Crippen molar-refractivity contribution >= 4 is 0 Å². The van der Waals surface area contributed by atoms with E-state index in [1.807, 2.05) is 12.1 Å². The highest BCUT2D eigenvalue weighted by atomic mass is 19.1. The van der Waals surface area contributed by atoms with Crippen molar-refractivity contribution in [1.29, 1.82) is 0 Å². The van der Waals surface area contributed by atoms with Gasteiger partial charge in [0.25, 0.3) is 0 Å². The minimum Gasteiger partial charge on any atom is -0.381 e. The summed E-state index contributed by atoms with van der Waals surface area (Å²) >= 11 is 0. The Bertz CT molecular complexity index is 451. The second-order valence-electron chi connectivity index (χ2n) is 6.33. The molecule has 0 amide bonds. The molecule has 1 atom stereocenters. The summed E-state index contributed by atoms with van der Waals surface area (Å²) in [6.07, 6.45) is 1.99. The Morgan fingerprint density at radius 1 is 1.19 bits per heavy atom. The van der Waals surface area contributed by atoms with Crippen molar-refractivity contribution in [2.75, 3.05) is 39.5 Å². The van der Waals surface area contributed by atoms with Crippen LogP contribution in [0, 0.1) is 5.82 Å². The lowest BCUT2D eigenvalue weighted by atomic mass is 9.91. The van der Waals surface area contributed by atoms with Gasteiger partial charge in [-0.1, -0.05) is 19.1 Å². The molecule has 1 aromatic rings. The van der Waals surface area contributed by atoms with Crippen molar-refractivity contribution in [1.82, 2.24) is 4.90 Å². The third kappa shape index (κ3) is 3.62. The summed E-state index contributed by atoms with van der Waals surface area (Å²) in [5.74, 6) is 0.235. The molecule has 0 bridgehead atoms. The van der Waals surface area contributed by atoms with E-state index in [0.717, 1.165) is 52.3 Å². The van der Waals surface area contributed by atoms with Gasteiger partial charge in [0.15, 0.2) is 0 Å². The van der Waals surface area contributed by atoms with E-state index in [9.17, 15) is 4.39 Å². The molecule has 0 aromatic heterocycles. The Labute approximate surface area is 126 Å². The highest BCUT2D eigenvalue weighted by molar-refractivity contribution is 5.20. The first-order valence-electron chi connectivity index (χ1n) is 7.86. The maximum absolute atomic E-state index is 13.0. The Kier molecular flexibility index (Phi) is 4.57. The molecule has 0 aliphatic carbocycles. The van der Waals surface area contributed by atoms with E-state index in [0.29, 0.717) is 5.92 Å². The smallest absolute Gasteiger partial charge is 0.123 e. The maximum atomic E-state index is 13.0. The number of benzene rings is 1. The average molecular weight is 293 g/mol. The second kappa shape index (κ2) is 6.42. The van der Waals surface area contributed by atoms with Crippen LogP contribution in [0.3, 0.4) is 0 Å². The summed E-state index contributed by atoms with van der Waals surface area (Å²) in [7, 11) is 0. The lowest BCUT2D eigenvalue weighted by molar-refractivity contribution is -0.154. The van der Waals surface area contributed by atoms with Crippen LogP contribution >= 0.6 is 0 Å². The Hall–Kier alpha value is -0.970. The van der Waals surface area contributed by atoms with Gasteiger partial charge in [-0.15, -0.1) is 0 Å². The first kappa shape index (κ1) is 14.9. The molecule has 3 rings (SSSR count). The Balaban J connectivity index is 1.60. The van der Waals surface area contributed by atoms with Crippen molar-refractivity contribution in [2.45, 2.75) is 31.3 Å². The zero-order valence-corrected chi connectivity index (χ0v) is 12.7. The van der Waals surface area contributed by atoms with E-state index >= 15 is 0 Å². The van der Waals surface area contributed by atoms with Crippen molar-refractivity contribution in [3.05, 3.63) is 35.6 Å². The average Bonchev–Trinajstić information content (AvgIpc) is 2.49. The number of ether oxygens (including phenoxy) is 2. The number of halogens is 1. The van der Waals surface area contributed by atoms with E-state index < -0.39 is 0 Å². The van der Waals surface area contributed by atoms with Crippen LogP contribution in [-0.4, -0.2) is 50.0 Å². The SMILES string of the molecule is CC(CN1CCOC2(CCOCC2)C1)c1ccc(F)cc1. The fourth-order valence-electron chi connectivity index (χ4n) is 3.41. The Morgan fingerprint density at radius 2 is 1.90 bits per heavy atom. The summed E-state index contributed by atoms with van der Waals surface area (Å²) in [5.41, 5.74) is 1.20. The van der Waals surface area contributed by atoms with Crippen LogP contribution in [0.5, 0.6) is 0 Å². The molecular weight excluding hydrogens is 269 g/mol. The summed E-state index contributed by atoms with van der Waals surface area (Å²) in [6, 6.07) is 6.88. The molecule has 116 valence electrons. The predicted octanol–water partition coefficient (Wildman–Crippen LogP) is 2.81. The van der Waals surface area contributed by atoms with Gasteiger partial charge in [-0.3, -0.25) is 4.90 Å². The number of morpholine rings is 1. The van der Waals surface area contributed by atoms with E-state index in [4.69, 9.17) is 9.47 Å².